The summed E-state index contributed by atoms with van der Waals surface area (Å²) < 4.78 is 5.49. The number of thioether (sulfide) groups is 1. The summed E-state index contributed by atoms with van der Waals surface area (Å²) in [5.74, 6) is 1.27. The number of anilines is 1. The summed E-state index contributed by atoms with van der Waals surface area (Å²) in [5.41, 5.74) is 6.82. The van der Waals surface area contributed by atoms with Crippen LogP contribution in [0.2, 0.25) is 0 Å². The van der Waals surface area contributed by atoms with E-state index in [0.29, 0.717) is 10.7 Å². The number of benzene rings is 1. The number of halogens is 1. The highest BCUT2D eigenvalue weighted by Crippen LogP contribution is 2.42. The van der Waals surface area contributed by atoms with Crippen LogP contribution >= 0.6 is 35.7 Å². The second-order valence-corrected chi connectivity index (χ2v) is 6.07. The zero-order valence-corrected chi connectivity index (χ0v) is 15.0. The first-order valence-corrected chi connectivity index (χ1v) is 7.66. The maximum Gasteiger partial charge on any atom is 0.193 e. The molecule has 1 fully saturated rings. The number of hydrogen-bond acceptors (Lipinski definition) is 3. The largest absolute Gasteiger partial charge is 0.497 e. The van der Waals surface area contributed by atoms with E-state index in [4.69, 9.17) is 10.5 Å². The molecule has 112 valence electrons. The van der Waals surface area contributed by atoms with Gasteiger partial charge < -0.3 is 15.8 Å². The summed E-state index contributed by atoms with van der Waals surface area (Å²) in [7, 11) is 1.65. The van der Waals surface area contributed by atoms with Crippen molar-refractivity contribution in [2.45, 2.75) is 24.0 Å². The topological polar surface area (TPSA) is 59.6 Å². The molecule has 4 nitrogen and oxygen atoms in total. The fourth-order valence-corrected chi connectivity index (χ4v) is 3.01. The van der Waals surface area contributed by atoms with Crippen molar-refractivity contribution in [1.29, 1.82) is 0 Å². The summed E-state index contributed by atoms with van der Waals surface area (Å²) in [5, 5.41) is 3.10. The van der Waals surface area contributed by atoms with Gasteiger partial charge in [-0.25, -0.2) is 0 Å². The van der Waals surface area contributed by atoms with E-state index >= 15 is 0 Å². The number of aliphatic imine (C=N–C) groups is 1. The van der Waals surface area contributed by atoms with Crippen molar-refractivity contribution in [3.05, 3.63) is 24.3 Å². The Morgan fingerprint density at radius 3 is 2.80 bits per heavy atom. The predicted octanol–water partition coefficient (Wildman–Crippen LogP) is 3.33. The molecule has 0 aromatic heterocycles. The molecule has 1 saturated carbocycles. The third-order valence-electron chi connectivity index (χ3n) is 3.58. The lowest BCUT2D eigenvalue weighted by molar-refractivity contribution is 0.372. The Labute approximate surface area is 142 Å². The van der Waals surface area contributed by atoms with E-state index in [0.717, 1.165) is 18.0 Å². The summed E-state index contributed by atoms with van der Waals surface area (Å²) >= 11 is 1.90. The quantitative estimate of drug-likeness (QED) is 0.447. The summed E-state index contributed by atoms with van der Waals surface area (Å²) in [6.45, 7) is 0.789. The summed E-state index contributed by atoms with van der Waals surface area (Å²) in [6.07, 6.45) is 5.94. The SMILES string of the molecule is COc1cccc(NC(N)=NCC2(SC)CCC2)c1.I. The minimum Gasteiger partial charge on any atom is -0.497 e. The number of rotatable bonds is 5. The summed E-state index contributed by atoms with van der Waals surface area (Å²) in [4.78, 5) is 4.46. The lowest BCUT2D eigenvalue weighted by Crippen LogP contribution is -2.37. The first-order chi connectivity index (χ1) is 9.17. The average molecular weight is 407 g/mol. The van der Waals surface area contributed by atoms with Gasteiger partial charge in [0.25, 0.3) is 0 Å². The van der Waals surface area contributed by atoms with Crippen LogP contribution in [-0.2, 0) is 0 Å². The van der Waals surface area contributed by atoms with Gasteiger partial charge >= 0.3 is 0 Å². The van der Waals surface area contributed by atoms with Gasteiger partial charge in [-0.1, -0.05) is 12.5 Å². The number of nitrogens with zero attached hydrogens (tertiary/aromatic N) is 1. The van der Waals surface area contributed by atoms with Crippen LogP contribution in [0.5, 0.6) is 5.75 Å². The third kappa shape index (κ3) is 4.44. The van der Waals surface area contributed by atoms with Gasteiger partial charge in [-0.2, -0.15) is 11.8 Å². The van der Waals surface area contributed by atoms with Crippen molar-refractivity contribution < 1.29 is 4.74 Å². The van der Waals surface area contributed by atoms with Crippen molar-refractivity contribution in [2.75, 3.05) is 25.2 Å². The zero-order valence-electron chi connectivity index (χ0n) is 11.9. The van der Waals surface area contributed by atoms with Gasteiger partial charge in [0.15, 0.2) is 5.96 Å². The van der Waals surface area contributed by atoms with E-state index in [1.165, 1.54) is 19.3 Å². The highest BCUT2D eigenvalue weighted by Gasteiger charge is 2.35. The molecule has 0 radical (unpaired) electrons. The first kappa shape index (κ1) is 17.4. The molecule has 20 heavy (non-hydrogen) atoms. The van der Waals surface area contributed by atoms with Gasteiger partial charge in [0.05, 0.1) is 13.7 Å². The van der Waals surface area contributed by atoms with Crippen LogP contribution in [0.1, 0.15) is 19.3 Å². The number of methoxy groups -OCH3 is 1. The smallest absolute Gasteiger partial charge is 0.193 e. The lowest BCUT2D eigenvalue weighted by Gasteiger charge is -2.39. The van der Waals surface area contributed by atoms with Gasteiger partial charge in [0, 0.05) is 16.5 Å². The zero-order chi connectivity index (χ0) is 13.7. The standard InChI is InChI=1S/C14H21N3OS.HI/c1-18-12-6-3-5-11(9-12)17-13(15)16-10-14(19-2)7-4-8-14;/h3,5-6,9H,4,7-8,10H2,1-2H3,(H3,15,16,17);1H. The molecular formula is C14H22IN3OS. The average Bonchev–Trinajstić information content (AvgIpc) is 2.38. The number of nitrogens with one attached hydrogen (secondary N) is 1. The Hall–Kier alpha value is -0.630. The fourth-order valence-electron chi connectivity index (χ4n) is 2.12. The van der Waals surface area contributed by atoms with Gasteiger partial charge in [-0.3, -0.25) is 4.99 Å². The molecule has 0 spiro atoms. The van der Waals surface area contributed by atoms with E-state index in [-0.39, 0.29) is 24.0 Å². The summed E-state index contributed by atoms with van der Waals surface area (Å²) in [6, 6.07) is 7.66. The van der Waals surface area contributed by atoms with Crippen LogP contribution in [0.4, 0.5) is 5.69 Å². The van der Waals surface area contributed by atoms with Crippen molar-refractivity contribution >= 4 is 47.4 Å². The Kier molecular flexibility index (Phi) is 6.94. The Morgan fingerprint density at radius 2 is 2.25 bits per heavy atom. The molecule has 1 aliphatic carbocycles. The molecule has 0 amide bonds. The Balaban J connectivity index is 0.00000200. The molecule has 0 atom stereocenters. The molecular weight excluding hydrogens is 385 g/mol. The van der Waals surface area contributed by atoms with Gasteiger partial charge in [-0.15, -0.1) is 24.0 Å². The van der Waals surface area contributed by atoms with Crippen molar-refractivity contribution in [2.24, 2.45) is 10.7 Å². The minimum atomic E-state index is 0. The number of nitrogens with two attached hydrogens (primary N) is 1. The van der Waals surface area contributed by atoms with Crippen LogP contribution in [0.25, 0.3) is 0 Å². The Bertz CT molecular complexity index is 458. The van der Waals surface area contributed by atoms with E-state index < -0.39 is 0 Å². The molecule has 2 rings (SSSR count). The second-order valence-electron chi connectivity index (χ2n) is 4.80. The molecule has 0 heterocycles. The molecule has 1 aromatic carbocycles. The number of hydrogen-bond donors (Lipinski definition) is 2. The van der Waals surface area contributed by atoms with Crippen LogP contribution in [-0.4, -0.2) is 30.6 Å². The third-order valence-corrected chi connectivity index (χ3v) is 4.98. The molecule has 3 N–H and O–H groups in total. The lowest BCUT2D eigenvalue weighted by atomic mass is 9.84. The van der Waals surface area contributed by atoms with Crippen molar-refractivity contribution in [1.82, 2.24) is 0 Å². The van der Waals surface area contributed by atoms with Crippen LogP contribution in [0.3, 0.4) is 0 Å². The molecule has 0 unspecified atom stereocenters. The second kappa shape index (κ2) is 7.97. The van der Waals surface area contributed by atoms with Crippen molar-refractivity contribution in [3.63, 3.8) is 0 Å². The van der Waals surface area contributed by atoms with Crippen molar-refractivity contribution in [3.8, 4) is 5.75 Å². The van der Waals surface area contributed by atoms with Crippen LogP contribution in [0, 0.1) is 0 Å². The molecule has 0 aliphatic heterocycles. The van der Waals surface area contributed by atoms with Crippen LogP contribution in [0.15, 0.2) is 29.3 Å². The maximum absolute atomic E-state index is 5.93. The van der Waals surface area contributed by atoms with Gasteiger partial charge in [0.2, 0.25) is 0 Å². The fraction of sp³-hybridized carbons (Fsp3) is 0.500. The van der Waals surface area contributed by atoms with E-state index in [9.17, 15) is 0 Å². The maximum atomic E-state index is 5.93. The molecule has 0 saturated heterocycles. The highest BCUT2D eigenvalue weighted by atomic mass is 127. The molecule has 1 aromatic rings. The minimum absolute atomic E-state index is 0. The highest BCUT2D eigenvalue weighted by molar-refractivity contribution is 14.0. The first-order valence-electron chi connectivity index (χ1n) is 6.44. The Morgan fingerprint density at radius 1 is 1.50 bits per heavy atom. The van der Waals surface area contributed by atoms with E-state index in [1.807, 2.05) is 36.0 Å². The monoisotopic (exact) mass is 407 g/mol. The van der Waals surface area contributed by atoms with Gasteiger partial charge in [-0.05, 0) is 31.2 Å². The van der Waals surface area contributed by atoms with E-state index in [1.54, 1.807) is 7.11 Å². The molecule has 0 bridgehead atoms. The van der Waals surface area contributed by atoms with Crippen LogP contribution < -0.4 is 15.8 Å². The van der Waals surface area contributed by atoms with E-state index in [2.05, 4.69) is 16.6 Å². The predicted molar refractivity (Wildman–Crippen MR) is 98.6 cm³/mol. The van der Waals surface area contributed by atoms with Gasteiger partial charge in [0.1, 0.15) is 5.75 Å². The number of ether oxygens (including phenoxy) is 1. The number of guanidine groups is 1. The normalized spacial score (nSPS) is 16.8. The molecule has 6 heteroatoms. The molecule has 1 aliphatic rings.